The smallest absolute Gasteiger partial charge is 0.274 e. The summed E-state index contributed by atoms with van der Waals surface area (Å²) in [6.07, 6.45) is 0. The van der Waals surface area contributed by atoms with Crippen LogP contribution in [0, 0.1) is 0 Å². The predicted octanol–water partition coefficient (Wildman–Crippen LogP) is -2.01. The summed E-state index contributed by atoms with van der Waals surface area (Å²) in [6.45, 7) is -1.88. The van der Waals surface area contributed by atoms with Crippen molar-refractivity contribution in [2.24, 2.45) is 0 Å². The summed E-state index contributed by atoms with van der Waals surface area (Å²) in [5.74, 6) is 0.422. The van der Waals surface area contributed by atoms with Crippen LogP contribution in [0.4, 0.5) is 0 Å². The molecule has 0 aliphatic heterocycles. The first kappa shape index (κ1) is 16.1. The van der Waals surface area contributed by atoms with E-state index in [4.69, 9.17) is 19.7 Å². The maximum absolute atomic E-state index is 12.0. The van der Waals surface area contributed by atoms with E-state index in [0.717, 1.165) is 0 Å². The van der Waals surface area contributed by atoms with Crippen LogP contribution in [0.15, 0.2) is 21.6 Å². The van der Waals surface area contributed by atoms with Gasteiger partial charge in [-0.15, -0.1) is 0 Å². The number of rotatable bonds is 8. The Morgan fingerprint density at radius 2 is 1.79 bits per heavy atom. The van der Waals surface area contributed by atoms with Crippen LogP contribution in [-0.2, 0) is 16.6 Å². The van der Waals surface area contributed by atoms with E-state index in [-0.39, 0.29) is 5.09 Å². The number of nitrogens with one attached hydrogen (secondary N) is 2. The summed E-state index contributed by atoms with van der Waals surface area (Å²) < 4.78 is 31.1. The van der Waals surface area contributed by atoms with E-state index in [9.17, 15) is 8.42 Å². The van der Waals surface area contributed by atoms with Crippen molar-refractivity contribution in [2.75, 3.05) is 26.9 Å². The van der Waals surface area contributed by atoms with Gasteiger partial charge in [-0.1, -0.05) is 0 Å². The van der Waals surface area contributed by atoms with E-state index in [1.54, 1.807) is 7.05 Å². The Morgan fingerprint density at radius 1 is 1.21 bits per heavy atom. The largest absolute Gasteiger partial charge is 0.447 e. The predicted molar refractivity (Wildman–Crippen MR) is 65.8 cm³/mol. The van der Waals surface area contributed by atoms with Crippen LogP contribution < -0.4 is 10.0 Å². The van der Waals surface area contributed by atoms with Crippen molar-refractivity contribution in [1.29, 1.82) is 0 Å². The molecular weight excluding hydrogens is 276 g/mol. The molecule has 9 heteroatoms. The van der Waals surface area contributed by atoms with Gasteiger partial charge in [0.15, 0.2) is 0 Å². The lowest BCUT2D eigenvalue weighted by Crippen LogP contribution is -2.56. The van der Waals surface area contributed by atoms with Gasteiger partial charge in [-0.2, -0.15) is 4.72 Å². The molecule has 1 rings (SSSR count). The molecule has 0 radical (unpaired) electrons. The fraction of sp³-hybridized carbons (Fsp3) is 0.600. The van der Waals surface area contributed by atoms with E-state index in [1.807, 2.05) is 4.72 Å². The van der Waals surface area contributed by atoms with Crippen molar-refractivity contribution >= 4 is 10.0 Å². The van der Waals surface area contributed by atoms with E-state index in [1.165, 1.54) is 12.1 Å². The molecule has 1 aromatic rings. The van der Waals surface area contributed by atoms with E-state index in [2.05, 4.69) is 5.32 Å². The Morgan fingerprint density at radius 3 is 2.26 bits per heavy atom. The number of aliphatic hydroxyl groups is 3. The van der Waals surface area contributed by atoms with Gasteiger partial charge >= 0.3 is 0 Å². The first-order valence-corrected chi connectivity index (χ1v) is 7.01. The second-order valence-corrected chi connectivity index (χ2v) is 5.72. The minimum Gasteiger partial charge on any atom is -0.447 e. The van der Waals surface area contributed by atoms with Gasteiger partial charge in [-0.3, -0.25) is 0 Å². The summed E-state index contributed by atoms with van der Waals surface area (Å²) >= 11 is 0. The highest BCUT2D eigenvalue weighted by atomic mass is 32.2. The van der Waals surface area contributed by atoms with Crippen LogP contribution in [-0.4, -0.2) is 56.1 Å². The highest BCUT2D eigenvalue weighted by Crippen LogP contribution is 2.16. The topological polar surface area (TPSA) is 132 Å². The fourth-order valence-electron chi connectivity index (χ4n) is 1.35. The van der Waals surface area contributed by atoms with Gasteiger partial charge in [0.2, 0.25) is 5.09 Å². The van der Waals surface area contributed by atoms with Gasteiger partial charge in [-0.05, 0) is 19.2 Å². The molecule has 0 saturated carbocycles. The maximum Gasteiger partial charge on any atom is 0.274 e. The Labute approximate surface area is 111 Å². The molecule has 8 nitrogen and oxygen atoms in total. The lowest BCUT2D eigenvalue weighted by molar-refractivity contribution is 0.0579. The van der Waals surface area contributed by atoms with Crippen molar-refractivity contribution in [3.8, 4) is 0 Å². The van der Waals surface area contributed by atoms with Crippen LogP contribution >= 0.6 is 0 Å². The first-order chi connectivity index (χ1) is 8.93. The SMILES string of the molecule is CNCc1ccc(S(=O)(=O)NC(CO)(CO)CO)o1. The molecule has 0 aliphatic rings. The zero-order valence-electron chi connectivity index (χ0n) is 10.5. The number of sulfonamides is 1. The van der Waals surface area contributed by atoms with E-state index >= 15 is 0 Å². The van der Waals surface area contributed by atoms with E-state index < -0.39 is 35.4 Å². The fourth-order valence-corrected chi connectivity index (χ4v) is 2.68. The van der Waals surface area contributed by atoms with Gasteiger partial charge < -0.3 is 25.1 Å². The van der Waals surface area contributed by atoms with Crippen LogP contribution in [0.1, 0.15) is 5.76 Å². The third kappa shape index (κ3) is 3.75. The monoisotopic (exact) mass is 294 g/mol. The highest BCUT2D eigenvalue weighted by molar-refractivity contribution is 7.89. The molecule has 0 spiro atoms. The normalized spacial score (nSPS) is 12.8. The second kappa shape index (κ2) is 6.46. The van der Waals surface area contributed by atoms with Gasteiger partial charge in [0.1, 0.15) is 11.3 Å². The third-order valence-corrected chi connectivity index (χ3v) is 3.96. The molecule has 0 fully saturated rings. The minimum atomic E-state index is -4.08. The van der Waals surface area contributed by atoms with Crippen molar-refractivity contribution in [3.05, 3.63) is 17.9 Å². The Balaban J connectivity index is 2.96. The summed E-state index contributed by atoms with van der Waals surface area (Å²) in [5.41, 5.74) is -1.73. The third-order valence-electron chi connectivity index (χ3n) is 2.51. The standard InChI is InChI=1S/C10H18N2O6S/c1-11-4-8-2-3-9(18-8)19(16,17)12-10(5-13,6-14)7-15/h2-3,11-15H,4-7H2,1H3. The maximum atomic E-state index is 12.0. The van der Waals surface area contributed by atoms with Gasteiger partial charge in [-0.25, -0.2) is 8.42 Å². The molecular formula is C10H18N2O6S. The number of hydrogen-bond acceptors (Lipinski definition) is 7. The molecule has 5 N–H and O–H groups in total. The Bertz CT molecular complexity index is 486. The second-order valence-electron chi connectivity index (χ2n) is 4.11. The number of hydrogen-bond donors (Lipinski definition) is 5. The zero-order chi connectivity index (χ0) is 14.5. The zero-order valence-corrected chi connectivity index (χ0v) is 11.3. The molecule has 110 valence electrons. The molecule has 0 bridgehead atoms. The molecule has 0 saturated heterocycles. The van der Waals surface area contributed by atoms with Crippen LogP contribution in [0.5, 0.6) is 0 Å². The average molecular weight is 294 g/mol. The lowest BCUT2D eigenvalue weighted by atomic mass is 10.1. The minimum absolute atomic E-state index is 0.350. The van der Waals surface area contributed by atoms with Crippen molar-refractivity contribution < 1.29 is 28.2 Å². The molecule has 1 aromatic heterocycles. The molecule has 0 atom stereocenters. The molecule has 0 aliphatic carbocycles. The van der Waals surface area contributed by atoms with Crippen LogP contribution in [0.3, 0.4) is 0 Å². The average Bonchev–Trinajstić information content (AvgIpc) is 2.86. The quantitative estimate of drug-likeness (QED) is 0.374. The van der Waals surface area contributed by atoms with Gasteiger partial charge in [0, 0.05) is 0 Å². The van der Waals surface area contributed by atoms with Gasteiger partial charge in [0.25, 0.3) is 10.0 Å². The van der Waals surface area contributed by atoms with Gasteiger partial charge in [0.05, 0.1) is 26.4 Å². The number of furan rings is 1. The van der Waals surface area contributed by atoms with Crippen molar-refractivity contribution in [2.45, 2.75) is 17.2 Å². The van der Waals surface area contributed by atoms with E-state index in [0.29, 0.717) is 12.3 Å². The lowest BCUT2D eigenvalue weighted by Gasteiger charge is -2.27. The van der Waals surface area contributed by atoms with Crippen molar-refractivity contribution in [3.63, 3.8) is 0 Å². The summed E-state index contributed by atoms with van der Waals surface area (Å²) in [7, 11) is -2.39. The molecule has 0 aromatic carbocycles. The summed E-state index contributed by atoms with van der Waals surface area (Å²) in [6, 6.07) is 2.75. The Hall–Kier alpha value is -0.970. The summed E-state index contributed by atoms with van der Waals surface area (Å²) in [4.78, 5) is 0. The first-order valence-electron chi connectivity index (χ1n) is 5.53. The molecule has 0 amide bonds. The number of aliphatic hydroxyl groups excluding tert-OH is 3. The highest BCUT2D eigenvalue weighted by Gasteiger charge is 2.35. The van der Waals surface area contributed by atoms with Crippen molar-refractivity contribution in [1.82, 2.24) is 10.0 Å². The molecule has 1 heterocycles. The van der Waals surface area contributed by atoms with Crippen LogP contribution in [0.25, 0.3) is 0 Å². The molecule has 19 heavy (non-hydrogen) atoms. The summed E-state index contributed by atoms with van der Waals surface area (Å²) in [5, 5.41) is 29.7. The Kier molecular flexibility index (Phi) is 5.47. The molecule has 0 unspecified atom stereocenters. The van der Waals surface area contributed by atoms with Crippen LogP contribution in [0.2, 0.25) is 0 Å².